The molecule has 1 saturated heterocycles. The van der Waals surface area contributed by atoms with Crippen molar-refractivity contribution in [1.29, 1.82) is 0 Å². The molecule has 0 bridgehead atoms. The third-order valence-corrected chi connectivity index (χ3v) is 4.98. The van der Waals surface area contributed by atoms with Crippen LogP contribution in [-0.2, 0) is 10.0 Å². The van der Waals surface area contributed by atoms with Crippen molar-refractivity contribution in [2.45, 2.75) is 36.8 Å². The Morgan fingerprint density at radius 1 is 1.47 bits per heavy atom. The van der Waals surface area contributed by atoms with Gasteiger partial charge in [0.05, 0.1) is 12.8 Å². The molecular formula is C10H17N3O3S. The van der Waals surface area contributed by atoms with Crippen LogP contribution in [0.25, 0.3) is 0 Å². The highest BCUT2D eigenvalue weighted by atomic mass is 32.2. The molecule has 2 heterocycles. The highest BCUT2D eigenvalue weighted by molar-refractivity contribution is 7.89. The fourth-order valence-electron chi connectivity index (χ4n) is 2.16. The maximum atomic E-state index is 12.3. The van der Waals surface area contributed by atoms with Crippen LogP contribution in [0.1, 0.15) is 25.7 Å². The summed E-state index contributed by atoms with van der Waals surface area (Å²) < 4.78 is 26.0. The maximum absolute atomic E-state index is 12.3. The minimum absolute atomic E-state index is 0.0952. The number of nitrogens with zero attached hydrogens (tertiary/aromatic N) is 2. The Morgan fingerprint density at radius 3 is 2.94 bits per heavy atom. The Bertz CT molecular complexity index is 443. The number of H-pyrrole nitrogens is 1. The van der Waals surface area contributed by atoms with Crippen molar-refractivity contribution >= 4 is 10.0 Å². The van der Waals surface area contributed by atoms with E-state index >= 15 is 0 Å². The van der Waals surface area contributed by atoms with Gasteiger partial charge in [0.2, 0.25) is 0 Å². The first-order valence-corrected chi connectivity index (χ1v) is 7.22. The molecule has 0 radical (unpaired) electrons. The molecule has 1 unspecified atom stereocenters. The Hall–Kier alpha value is -0.920. The molecular weight excluding hydrogens is 242 g/mol. The van der Waals surface area contributed by atoms with E-state index in [9.17, 15) is 13.5 Å². The van der Waals surface area contributed by atoms with Gasteiger partial charge >= 0.3 is 0 Å². The first-order chi connectivity index (χ1) is 8.16. The zero-order valence-corrected chi connectivity index (χ0v) is 10.4. The van der Waals surface area contributed by atoms with Gasteiger partial charge in [-0.2, -0.15) is 9.40 Å². The summed E-state index contributed by atoms with van der Waals surface area (Å²) in [4.78, 5) is 0. The van der Waals surface area contributed by atoms with Crippen molar-refractivity contribution in [3.05, 3.63) is 12.3 Å². The Balaban J connectivity index is 2.29. The number of aliphatic hydroxyl groups excluding tert-OH is 1. The monoisotopic (exact) mass is 259 g/mol. The summed E-state index contributed by atoms with van der Waals surface area (Å²) in [5.74, 6) is 0. The molecule has 0 amide bonds. The van der Waals surface area contributed by atoms with Crippen LogP contribution in [0, 0.1) is 0 Å². The fourth-order valence-corrected chi connectivity index (χ4v) is 3.75. The van der Waals surface area contributed by atoms with Crippen molar-refractivity contribution < 1.29 is 13.5 Å². The van der Waals surface area contributed by atoms with E-state index in [0.29, 0.717) is 13.0 Å². The number of aliphatic hydroxyl groups is 1. The molecule has 1 aromatic heterocycles. The van der Waals surface area contributed by atoms with E-state index in [2.05, 4.69) is 10.2 Å². The molecule has 1 atom stereocenters. The topological polar surface area (TPSA) is 86.3 Å². The van der Waals surface area contributed by atoms with E-state index in [1.807, 2.05) is 0 Å². The smallest absolute Gasteiger partial charge is 0.260 e. The van der Waals surface area contributed by atoms with E-state index in [-0.39, 0.29) is 17.7 Å². The molecule has 1 aliphatic heterocycles. The molecule has 7 heteroatoms. The zero-order valence-electron chi connectivity index (χ0n) is 9.54. The standard InChI is InChI=1S/C10H17N3O3S/c14-8-9-4-2-1-3-7-13(9)17(15,16)10-5-6-11-12-10/h5-6,9,14H,1-4,7-8H2,(H,11,12). The Labute approximate surface area is 101 Å². The van der Waals surface area contributed by atoms with Crippen molar-refractivity contribution in [2.24, 2.45) is 0 Å². The molecule has 1 fully saturated rings. The highest BCUT2D eigenvalue weighted by Crippen LogP contribution is 2.23. The Morgan fingerprint density at radius 2 is 2.29 bits per heavy atom. The lowest BCUT2D eigenvalue weighted by Gasteiger charge is -2.26. The lowest BCUT2D eigenvalue weighted by Crippen LogP contribution is -2.42. The van der Waals surface area contributed by atoms with Gasteiger partial charge in [0.15, 0.2) is 5.03 Å². The van der Waals surface area contributed by atoms with Crippen molar-refractivity contribution in [3.8, 4) is 0 Å². The molecule has 1 aliphatic rings. The number of aromatic amines is 1. The van der Waals surface area contributed by atoms with E-state index < -0.39 is 10.0 Å². The van der Waals surface area contributed by atoms with Crippen molar-refractivity contribution in [3.63, 3.8) is 0 Å². The van der Waals surface area contributed by atoms with Crippen LogP contribution in [0.15, 0.2) is 17.3 Å². The maximum Gasteiger partial charge on any atom is 0.260 e. The van der Waals surface area contributed by atoms with E-state index in [4.69, 9.17) is 0 Å². The van der Waals surface area contributed by atoms with Gasteiger partial charge in [-0.25, -0.2) is 8.42 Å². The molecule has 1 aromatic rings. The molecule has 0 aromatic carbocycles. The second-order valence-corrected chi connectivity index (χ2v) is 6.08. The average molecular weight is 259 g/mol. The minimum atomic E-state index is -3.55. The molecule has 6 nitrogen and oxygen atoms in total. The number of hydrogen-bond donors (Lipinski definition) is 2. The molecule has 2 rings (SSSR count). The van der Waals surface area contributed by atoms with Crippen molar-refractivity contribution in [2.75, 3.05) is 13.2 Å². The van der Waals surface area contributed by atoms with Gasteiger partial charge in [-0.05, 0) is 18.9 Å². The van der Waals surface area contributed by atoms with Gasteiger partial charge in [0.1, 0.15) is 0 Å². The molecule has 2 N–H and O–H groups in total. The fraction of sp³-hybridized carbons (Fsp3) is 0.700. The van der Waals surface area contributed by atoms with Crippen LogP contribution in [0.4, 0.5) is 0 Å². The summed E-state index contributed by atoms with van der Waals surface area (Å²) in [5.41, 5.74) is 0. The second-order valence-electron chi connectivity index (χ2n) is 4.22. The number of nitrogens with one attached hydrogen (secondary N) is 1. The lowest BCUT2D eigenvalue weighted by atomic mass is 10.1. The summed E-state index contributed by atoms with van der Waals surface area (Å²) in [6.45, 7) is 0.333. The molecule has 0 spiro atoms. The summed E-state index contributed by atoms with van der Waals surface area (Å²) in [6, 6.07) is 1.13. The predicted octanol–water partition coefficient (Wildman–Crippen LogP) is 0.335. The zero-order chi connectivity index (χ0) is 12.3. The summed E-state index contributed by atoms with van der Waals surface area (Å²) in [7, 11) is -3.55. The van der Waals surface area contributed by atoms with Gasteiger partial charge in [0.25, 0.3) is 10.0 Å². The van der Waals surface area contributed by atoms with Crippen LogP contribution in [0.5, 0.6) is 0 Å². The molecule has 0 aliphatic carbocycles. The molecule has 96 valence electrons. The van der Waals surface area contributed by atoms with Gasteiger partial charge < -0.3 is 5.11 Å². The summed E-state index contributed by atoms with van der Waals surface area (Å²) in [6.07, 6.45) is 4.93. The predicted molar refractivity (Wildman–Crippen MR) is 61.8 cm³/mol. The van der Waals surface area contributed by atoms with E-state index in [0.717, 1.165) is 19.3 Å². The van der Waals surface area contributed by atoms with Crippen LogP contribution in [0.3, 0.4) is 0 Å². The first kappa shape index (κ1) is 12.5. The van der Waals surface area contributed by atoms with Crippen LogP contribution in [0.2, 0.25) is 0 Å². The third kappa shape index (κ3) is 2.51. The van der Waals surface area contributed by atoms with Crippen LogP contribution in [-0.4, -0.2) is 47.2 Å². The summed E-state index contributed by atoms with van der Waals surface area (Å²) in [5, 5.41) is 15.6. The van der Waals surface area contributed by atoms with Crippen LogP contribution < -0.4 is 0 Å². The Kier molecular flexibility index (Phi) is 3.80. The highest BCUT2D eigenvalue weighted by Gasteiger charge is 2.32. The molecule has 17 heavy (non-hydrogen) atoms. The number of hydrogen-bond acceptors (Lipinski definition) is 4. The minimum Gasteiger partial charge on any atom is -0.395 e. The van der Waals surface area contributed by atoms with E-state index in [1.54, 1.807) is 0 Å². The number of sulfonamides is 1. The normalized spacial score (nSPS) is 23.5. The summed E-state index contributed by atoms with van der Waals surface area (Å²) >= 11 is 0. The van der Waals surface area contributed by atoms with E-state index in [1.165, 1.54) is 16.6 Å². The van der Waals surface area contributed by atoms with Gasteiger partial charge in [-0.1, -0.05) is 12.8 Å². The lowest BCUT2D eigenvalue weighted by molar-refractivity contribution is 0.186. The largest absolute Gasteiger partial charge is 0.395 e. The number of rotatable bonds is 3. The van der Waals surface area contributed by atoms with Crippen LogP contribution >= 0.6 is 0 Å². The van der Waals surface area contributed by atoms with Gasteiger partial charge in [-0.15, -0.1) is 0 Å². The average Bonchev–Trinajstić information content (AvgIpc) is 2.74. The quantitative estimate of drug-likeness (QED) is 0.819. The van der Waals surface area contributed by atoms with Gasteiger partial charge in [-0.3, -0.25) is 5.10 Å². The first-order valence-electron chi connectivity index (χ1n) is 5.78. The van der Waals surface area contributed by atoms with Crippen molar-refractivity contribution in [1.82, 2.24) is 14.5 Å². The number of aromatic nitrogens is 2. The second kappa shape index (κ2) is 5.16. The third-order valence-electron chi connectivity index (χ3n) is 3.10. The van der Waals surface area contributed by atoms with Gasteiger partial charge in [0, 0.05) is 12.6 Å². The molecule has 0 saturated carbocycles. The SMILES string of the molecule is O=S(=O)(c1ccn[nH]1)N1CCCCCC1CO.